The van der Waals surface area contributed by atoms with Crippen molar-refractivity contribution in [3.63, 3.8) is 0 Å². The van der Waals surface area contributed by atoms with E-state index in [2.05, 4.69) is 9.72 Å². The first-order valence-electron chi connectivity index (χ1n) is 8.16. The Morgan fingerprint density at radius 3 is 2.29 bits per heavy atom. The van der Waals surface area contributed by atoms with Gasteiger partial charge in [0.1, 0.15) is 5.69 Å². The third kappa shape index (κ3) is 3.79. The number of aromatic carboxylic acids is 1. The number of hydrogen-bond acceptors (Lipinski definition) is 7. The zero-order chi connectivity index (χ0) is 20.8. The summed E-state index contributed by atoms with van der Waals surface area (Å²) in [6.07, 6.45) is 2.49. The zero-order valence-corrected chi connectivity index (χ0v) is 16.0. The summed E-state index contributed by atoms with van der Waals surface area (Å²) in [5, 5.41) is 9.58. The SMILES string of the molecule is COC(=O)/C=C/c1c(C(=O)O)[nH]c(CN)c1-c1ccc(OC)c(OC)c1OC. The van der Waals surface area contributed by atoms with Crippen LogP contribution >= 0.6 is 0 Å². The second kappa shape index (κ2) is 8.96. The molecule has 0 radical (unpaired) electrons. The molecule has 1 heterocycles. The average Bonchev–Trinajstić information content (AvgIpc) is 3.09. The molecule has 0 aliphatic heterocycles. The Morgan fingerprint density at radius 1 is 1.11 bits per heavy atom. The average molecular weight is 390 g/mol. The van der Waals surface area contributed by atoms with Crippen molar-refractivity contribution in [2.75, 3.05) is 28.4 Å². The van der Waals surface area contributed by atoms with E-state index in [4.69, 9.17) is 19.9 Å². The summed E-state index contributed by atoms with van der Waals surface area (Å²) < 4.78 is 20.8. The number of benzene rings is 1. The maximum absolute atomic E-state index is 11.7. The quantitative estimate of drug-likeness (QED) is 0.461. The number of aromatic amines is 1. The lowest BCUT2D eigenvalue weighted by atomic mass is 9.97. The molecule has 150 valence electrons. The number of nitrogens with two attached hydrogens (primary N) is 1. The molecule has 1 aromatic heterocycles. The first-order valence-corrected chi connectivity index (χ1v) is 8.16. The largest absolute Gasteiger partial charge is 0.493 e. The van der Waals surface area contributed by atoms with E-state index >= 15 is 0 Å². The van der Waals surface area contributed by atoms with Gasteiger partial charge >= 0.3 is 11.9 Å². The highest BCUT2D eigenvalue weighted by Gasteiger charge is 2.26. The fraction of sp³-hybridized carbons (Fsp3) is 0.263. The molecule has 0 aliphatic carbocycles. The molecule has 2 aromatic rings. The van der Waals surface area contributed by atoms with Gasteiger partial charge in [-0.05, 0) is 18.2 Å². The van der Waals surface area contributed by atoms with E-state index in [1.807, 2.05) is 0 Å². The second-order valence-electron chi connectivity index (χ2n) is 5.51. The van der Waals surface area contributed by atoms with Gasteiger partial charge in [-0.3, -0.25) is 0 Å². The van der Waals surface area contributed by atoms with Crippen molar-refractivity contribution in [1.29, 1.82) is 0 Å². The molecule has 0 saturated heterocycles. The number of H-pyrrole nitrogens is 1. The van der Waals surface area contributed by atoms with E-state index in [9.17, 15) is 14.7 Å². The van der Waals surface area contributed by atoms with E-state index < -0.39 is 11.9 Å². The number of carboxylic acid groups (broad SMARTS) is 1. The van der Waals surface area contributed by atoms with E-state index in [0.29, 0.717) is 34.1 Å². The Morgan fingerprint density at radius 2 is 1.79 bits per heavy atom. The molecule has 4 N–H and O–H groups in total. The third-order valence-electron chi connectivity index (χ3n) is 4.10. The number of carbonyl (C=O) groups excluding carboxylic acids is 1. The van der Waals surface area contributed by atoms with Crippen LogP contribution in [0.4, 0.5) is 0 Å². The van der Waals surface area contributed by atoms with Crippen LogP contribution in [0.3, 0.4) is 0 Å². The lowest BCUT2D eigenvalue weighted by Crippen LogP contribution is -2.01. The summed E-state index contributed by atoms with van der Waals surface area (Å²) in [4.78, 5) is 26.1. The highest BCUT2D eigenvalue weighted by Crippen LogP contribution is 2.46. The van der Waals surface area contributed by atoms with Gasteiger partial charge in [-0.2, -0.15) is 0 Å². The maximum atomic E-state index is 11.7. The Kier molecular flexibility index (Phi) is 6.67. The van der Waals surface area contributed by atoms with Crippen LogP contribution in [0.1, 0.15) is 21.7 Å². The molecule has 2 rings (SSSR count). The topological polar surface area (TPSA) is 133 Å². The number of carbonyl (C=O) groups is 2. The minimum Gasteiger partial charge on any atom is -0.493 e. The van der Waals surface area contributed by atoms with E-state index in [1.54, 1.807) is 12.1 Å². The molecule has 0 spiro atoms. The van der Waals surface area contributed by atoms with Gasteiger partial charge in [0.05, 0.1) is 28.4 Å². The summed E-state index contributed by atoms with van der Waals surface area (Å²) in [5.74, 6) is -0.716. The van der Waals surface area contributed by atoms with Gasteiger partial charge in [0.15, 0.2) is 11.5 Å². The molecule has 0 atom stereocenters. The van der Waals surface area contributed by atoms with Gasteiger partial charge in [0, 0.05) is 35.0 Å². The lowest BCUT2D eigenvalue weighted by molar-refractivity contribution is -0.134. The standard InChI is InChI=1S/C19H22N2O7/c1-25-13-7-5-11(17(27-3)18(13)28-4)15-10(6-8-14(22)26-2)16(19(23)24)21-12(15)9-20/h5-8,21H,9,20H2,1-4H3,(H,23,24)/b8-6+. The molecule has 1 aromatic carbocycles. The van der Waals surface area contributed by atoms with Crippen molar-refractivity contribution in [1.82, 2.24) is 4.98 Å². The van der Waals surface area contributed by atoms with Crippen molar-refractivity contribution in [3.05, 3.63) is 35.2 Å². The van der Waals surface area contributed by atoms with E-state index in [-0.39, 0.29) is 17.8 Å². The maximum Gasteiger partial charge on any atom is 0.352 e. The van der Waals surface area contributed by atoms with Crippen LogP contribution in [-0.2, 0) is 16.1 Å². The summed E-state index contributed by atoms with van der Waals surface area (Å²) in [5.41, 5.74) is 7.41. The third-order valence-corrected chi connectivity index (χ3v) is 4.10. The van der Waals surface area contributed by atoms with Gasteiger partial charge in [-0.1, -0.05) is 0 Å². The number of carboxylic acids is 1. The fourth-order valence-corrected chi connectivity index (χ4v) is 2.88. The van der Waals surface area contributed by atoms with Crippen LogP contribution in [0.5, 0.6) is 17.2 Å². The highest BCUT2D eigenvalue weighted by atomic mass is 16.5. The van der Waals surface area contributed by atoms with E-state index in [1.165, 1.54) is 34.5 Å². The first kappa shape index (κ1) is 20.8. The molecule has 0 aliphatic rings. The van der Waals surface area contributed by atoms with Crippen molar-refractivity contribution in [3.8, 4) is 28.4 Å². The molecule has 9 nitrogen and oxygen atoms in total. The normalized spacial score (nSPS) is 10.8. The Bertz CT molecular complexity index is 915. The number of rotatable bonds is 8. The van der Waals surface area contributed by atoms with Gasteiger partial charge in [-0.25, -0.2) is 9.59 Å². The summed E-state index contributed by atoms with van der Waals surface area (Å²) in [6, 6.07) is 3.36. The molecule has 0 saturated carbocycles. The Labute approximate surface area is 161 Å². The van der Waals surface area contributed by atoms with Crippen LogP contribution in [0.2, 0.25) is 0 Å². The molecule has 0 bridgehead atoms. The predicted octanol–water partition coefficient (Wildman–Crippen LogP) is 2.05. The minimum atomic E-state index is -1.20. The van der Waals surface area contributed by atoms with Crippen molar-refractivity contribution >= 4 is 18.0 Å². The molecule has 28 heavy (non-hydrogen) atoms. The van der Waals surface area contributed by atoms with Crippen LogP contribution in [0, 0.1) is 0 Å². The van der Waals surface area contributed by atoms with Crippen LogP contribution < -0.4 is 19.9 Å². The monoisotopic (exact) mass is 390 g/mol. The fourth-order valence-electron chi connectivity index (χ4n) is 2.88. The minimum absolute atomic E-state index is 0.0270. The van der Waals surface area contributed by atoms with Crippen LogP contribution in [0.15, 0.2) is 18.2 Å². The molecule has 9 heteroatoms. The second-order valence-corrected chi connectivity index (χ2v) is 5.51. The smallest absolute Gasteiger partial charge is 0.352 e. The van der Waals surface area contributed by atoms with Gasteiger partial charge in [-0.15, -0.1) is 0 Å². The van der Waals surface area contributed by atoms with Crippen LogP contribution in [0.25, 0.3) is 17.2 Å². The lowest BCUT2D eigenvalue weighted by Gasteiger charge is -2.16. The predicted molar refractivity (Wildman–Crippen MR) is 102 cm³/mol. The number of ether oxygens (including phenoxy) is 4. The van der Waals surface area contributed by atoms with Gasteiger partial charge in [0.25, 0.3) is 0 Å². The number of hydrogen-bond donors (Lipinski definition) is 3. The number of methoxy groups -OCH3 is 4. The highest BCUT2D eigenvalue weighted by molar-refractivity contribution is 5.99. The zero-order valence-electron chi connectivity index (χ0n) is 16.0. The molecular formula is C19H22N2O7. The summed E-state index contributed by atoms with van der Waals surface area (Å²) in [6.45, 7) is 0.0270. The van der Waals surface area contributed by atoms with Gasteiger partial charge in [0.2, 0.25) is 5.75 Å². The van der Waals surface area contributed by atoms with Crippen LogP contribution in [-0.4, -0.2) is 50.5 Å². The van der Waals surface area contributed by atoms with E-state index in [0.717, 1.165) is 6.08 Å². The van der Waals surface area contributed by atoms with Crippen molar-refractivity contribution in [2.45, 2.75) is 6.54 Å². The van der Waals surface area contributed by atoms with Gasteiger partial charge < -0.3 is 34.8 Å². The number of aromatic nitrogens is 1. The Balaban J connectivity index is 2.86. The number of esters is 1. The summed E-state index contributed by atoms with van der Waals surface area (Å²) >= 11 is 0. The molecule has 0 unspecified atom stereocenters. The van der Waals surface area contributed by atoms with Crippen molar-refractivity contribution < 1.29 is 33.6 Å². The van der Waals surface area contributed by atoms with Crippen molar-refractivity contribution in [2.24, 2.45) is 5.73 Å². The molecular weight excluding hydrogens is 368 g/mol. The summed E-state index contributed by atoms with van der Waals surface area (Å²) in [7, 11) is 5.64. The Hall–Kier alpha value is -3.46. The number of nitrogens with one attached hydrogen (secondary N) is 1. The first-order chi connectivity index (χ1) is 13.4. The molecule has 0 fully saturated rings. The molecule has 0 amide bonds.